The first-order chi connectivity index (χ1) is 11.0. The van der Waals surface area contributed by atoms with Gasteiger partial charge in [-0.3, -0.25) is 14.9 Å². The van der Waals surface area contributed by atoms with Gasteiger partial charge in [0, 0.05) is 18.2 Å². The summed E-state index contributed by atoms with van der Waals surface area (Å²) >= 11 is 5.99. The minimum absolute atomic E-state index is 0.0616. The lowest BCUT2D eigenvalue weighted by Crippen LogP contribution is -2.14. The number of methoxy groups -OCH3 is 2. The summed E-state index contributed by atoms with van der Waals surface area (Å²) in [6, 6.07) is 8.62. The molecule has 2 aromatic carbocycles. The molecule has 0 bridgehead atoms. The standard InChI is InChI=1S/C15H13ClN2O5/c1-22-13-8-11(14(23-2)7-10(13)16)17-15(19)9-5-3-4-6-12(9)18(20)21/h3-8H,1-2H3,(H,17,19). The molecule has 0 fully saturated rings. The highest BCUT2D eigenvalue weighted by atomic mass is 35.5. The minimum atomic E-state index is -0.639. The molecular weight excluding hydrogens is 324 g/mol. The van der Waals surface area contributed by atoms with Crippen molar-refractivity contribution in [2.24, 2.45) is 0 Å². The molecule has 7 nitrogen and oxygen atoms in total. The van der Waals surface area contributed by atoms with Crippen LogP contribution in [0.3, 0.4) is 0 Å². The predicted octanol–water partition coefficient (Wildman–Crippen LogP) is 3.52. The molecule has 0 aliphatic carbocycles. The number of carbonyl (C=O) groups excluding carboxylic acids is 1. The van der Waals surface area contributed by atoms with Crippen molar-refractivity contribution in [2.45, 2.75) is 0 Å². The lowest BCUT2D eigenvalue weighted by atomic mass is 10.1. The maximum atomic E-state index is 12.3. The molecular formula is C15H13ClN2O5. The molecule has 0 saturated heterocycles. The zero-order chi connectivity index (χ0) is 17.0. The molecule has 0 heterocycles. The van der Waals surface area contributed by atoms with E-state index < -0.39 is 10.8 Å². The Balaban J connectivity index is 2.39. The van der Waals surface area contributed by atoms with E-state index in [2.05, 4.69) is 5.32 Å². The maximum Gasteiger partial charge on any atom is 0.282 e. The second-order valence-corrected chi connectivity index (χ2v) is 4.82. The van der Waals surface area contributed by atoms with Gasteiger partial charge in [0.2, 0.25) is 0 Å². The number of anilines is 1. The first-order valence-corrected chi connectivity index (χ1v) is 6.82. The van der Waals surface area contributed by atoms with Gasteiger partial charge in [0.05, 0.1) is 29.9 Å². The van der Waals surface area contributed by atoms with Crippen molar-refractivity contribution in [3.63, 3.8) is 0 Å². The van der Waals surface area contributed by atoms with Crippen LogP contribution in [0.2, 0.25) is 5.02 Å². The van der Waals surface area contributed by atoms with Gasteiger partial charge < -0.3 is 14.8 Å². The molecule has 0 atom stereocenters. The van der Waals surface area contributed by atoms with E-state index in [-0.39, 0.29) is 16.9 Å². The van der Waals surface area contributed by atoms with E-state index in [1.807, 2.05) is 0 Å². The van der Waals surface area contributed by atoms with E-state index in [1.165, 1.54) is 44.6 Å². The van der Waals surface area contributed by atoms with Crippen molar-refractivity contribution in [3.05, 3.63) is 57.1 Å². The molecule has 0 aromatic heterocycles. The molecule has 2 aromatic rings. The van der Waals surface area contributed by atoms with Crippen LogP contribution in [0.5, 0.6) is 11.5 Å². The zero-order valence-electron chi connectivity index (χ0n) is 12.3. The van der Waals surface area contributed by atoms with Crippen molar-refractivity contribution >= 4 is 28.9 Å². The third-order valence-corrected chi connectivity index (χ3v) is 3.36. The summed E-state index contributed by atoms with van der Waals surface area (Å²) in [6.45, 7) is 0. The molecule has 0 spiro atoms. The van der Waals surface area contributed by atoms with Crippen LogP contribution in [0, 0.1) is 10.1 Å². The smallest absolute Gasteiger partial charge is 0.282 e. The van der Waals surface area contributed by atoms with E-state index >= 15 is 0 Å². The molecule has 8 heteroatoms. The van der Waals surface area contributed by atoms with Gasteiger partial charge in [0.25, 0.3) is 11.6 Å². The Morgan fingerprint density at radius 3 is 2.43 bits per heavy atom. The Kier molecular flexibility index (Phi) is 5.02. The molecule has 1 N–H and O–H groups in total. The molecule has 0 radical (unpaired) electrons. The number of hydrogen-bond donors (Lipinski definition) is 1. The van der Waals surface area contributed by atoms with Crippen LogP contribution in [0.15, 0.2) is 36.4 Å². The summed E-state index contributed by atoms with van der Waals surface area (Å²) in [5.41, 5.74) is -0.0599. The fourth-order valence-electron chi connectivity index (χ4n) is 1.97. The number of halogens is 1. The molecule has 0 saturated carbocycles. The van der Waals surface area contributed by atoms with Gasteiger partial charge in [0.15, 0.2) is 0 Å². The quantitative estimate of drug-likeness (QED) is 0.666. The second kappa shape index (κ2) is 6.97. The van der Waals surface area contributed by atoms with Gasteiger partial charge in [-0.05, 0) is 6.07 Å². The molecule has 0 aliphatic rings. The summed E-state index contributed by atoms with van der Waals surface area (Å²) in [7, 11) is 2.85. The summed E-state index contributed by atoms with van der Waals surface area (Å²) < 4.78 is 10.2. The Hall–Kier alpha value is -2.80. The summed E-state index contributed by atoms with van der Waals surface area (Å²) in [4.78, 5) is 22.7. The average molecular weight is 337 g/mol. The van der Waals surface area contributed by atoms with Crippen molar-refractivity contribution in [3.8, 4) is 11.5 Å². The normalized spacial score (nSPS) is 10.0. The van der Waals surface area contributed by atoms with E-state index in [0.29, 0.717) is 16.5 Å². The maximum absolute atomic E-state index is 12.3. The Morgan fingerprint density at radius 2 is 1.83 bits per heavy atom. The van der Waals surface area contributed by atoms with Crippen molar-refractivity contribution in [1.29, 1.82) is 0 Å². The summed E-state index contributed by atoms with van der Waals surface area (Å²) in [5.74, 6) is 0.00744. The predicted molar refractivity (Wildman–Crippen MR) is 85.6 cm³/mol. The molecule has 2 rings (SSSR count). The average Bonchev–Trinajstić information content (AvgIpc) is 2.55. The second-order valence-electron chi connectivity index (χ2n) is 4.42. The number of benzene rings is 2. The number of ether oxygens (including phenoxy) is 2. The lowest BCUT2D eigenvalue weighted by molar-refractivity contribution is -0.385. The third kappa shape index (κ3) is 3.51. The van der Waals surface area contributed by atoms with E-state index in [4.69, 9.17) is 21.1 Å². The lowest BCUT2D eigenvalue weighted by Gasteiger charge is -2.13. The van der Waals surface area contributed by atoms with Gasteiger partial charge in [-0.2, -0.15) is 0 Å². The van der Waals surface area contributed by atoms with Crippen molar-refractivity contribution < 1.29 is 19.2 Å². The molecule has 23 heavy (non-hydrogen) atoms. The minimum Gasteiger partial charge on any atom is -0.495 e. The number of amides is 1. The Bertz CT molecular complexity index is 764. The number of carbonyl (C=O) groups is 1. The number of rotatable bonds is 5. The van der Waals surface area contributed by atoms with E-state index in [0.717, 1.165) is 0 Å². The van der Waals surface area contributed by atoms with Gasteiger partial charge in [-0.15, -0.1) is 0 Å². The molecule has 0 aliphatic heterocycles. The topological polar surface area (TPSA) is 90.7 Å². The number of hydrogen-bond acceptors (Lipinski definition) is 5. The number of nitro benzene ring substituents is 1. The molecule has 1 amide bonds. The molecule has 120 valence electrons. The highest BCUT2D eigenvalue weighted by Crippen LogP contribution is 2.36. The van der Waals surface area contributed by atoms with Crippen LogP contribution in [0.4, 0.5) is 11.4 Å². The van der Waals surface area contributed by atoms with Crippen molar-refractivity contribution in [2.75, 3.05) is 19.5 Å². The number of nitrogens with zero attached hydrogens (tertiary/aromatic N) is 1. The first kappa shape index (κ1) is 16.6. The van der Waals surface area contributed by atoms with Gasteiger partial charge >= 0.3 is 0 Å². The van der Waals surface area contributed by atoms with Crippen LogP contribution in [-0.4, -0.2) is 25.1 Å². The van der Waals surface area contributed by atoms with E-state index in [1.54, 1.807) is 6.07 Å². The fraction of sp³-hybridized carbons (Fsp3) is 0.133. The summed E-state index contributed by atoms with van der Waals surface area (Å²) in [6.07, 6.45) is 0. The highest BCUT2D eigenvalue weighted by Gasteiger charge is 2.21. The Morgan fingerprint density at radius 1 is 1.17 bits per heavy atom. The SMILES string of the molecule is COc1cc(NC(=O)c2ccccc2[N+](=O)[O-])c(OC)cc1Cl. The first-order valence-electron chi connectivity index (χ1n) is 6.44. The van der Waals surface area contributed by atoms with E-state index in [9.17, 15) is 14.9 Å². The number of para-hydroxylation sites is 1. The van der Waals surface area contributed by atoms with Gasteiger partial charge in [-0.25, -0.2) is 0 Å². The van der Waals surface area contributed by atoms with Gasteiger partial charge in [-0.1, -0.05) is 23.7 Å². The highest BCUT2D eigenvalue weighted by molar-refractivity contribution is 6.32. The third-order valence-electron chi connectivity index (χ3n) is 3.07. The van der Waals surface area contributed by atoms with Crippen LogP contribution >= 0.6 is 11.6 Å². The fourth-order valence-corrected chi connectivity index (χ4v) is 2.20. The van der Waals surface area contributed by atoms with Crippen LogP contribution in [0.25, 0.3) is 0 Å². The van der Waals surface area contributed by atoms with Crippen LogP contribution < -0.4 is 14.8 Å². The van der Waals surface area contributed by atoms with Crippen LogP contribution in [0.1, 0.15) is 10.4 Å². The molecule has 0 unspecified atom stereocenters. The largest absolute Gasteiger partial charge is 0.495 e. The monoisotopic (exact) mass is 336 g/mol. The number of nitro groups is 1. The number of nitrogens with one attached hydrogen (secondary N) is 1. The zero-order valence-corrected chi connectivity index (χ0v) is 13.1. The Labute approximate surface area is 136 Å². The summed E-state index contributed by atoms with van der Waals surface area (Å²) in [5, 5.41) is 13.9. The van der Waals surface area contributed by atoms with Gasteiger partial charge in [0.1, 0.15) is 17.1 Å². The van der Waals surface area contributed by atoms with Crippen LogP contribution in [-0.2, 0) is 0 Å². The van der Waals surface area contributed by atoms with Crippen molar-refractivity contribution in [1.82, 2.24) is 0 Å².